The van der Waals surface area contributed by atoms with Crippen molar-refractivity contribution < 1.29 is 19.0 Å². The van der Waals surface area contributed by atoms with E-state index in [1.807, 2.05) is 30.3 Å². The Bertz CT molecular complexity index is 775. The third kappa shape index (κ3) is 5.47. The molecule has 0 aromatic heterocycles. The van der Waals surface area contributed by atoms with Crippen molar-refractivity contribution in [1.82, 2.24) is 10.2 Å². The van der Waals surface area contributed by atoms with E-state index in [9.17, 15) is 4.79 Å². The van der Waals surface area contributed by atoms with Crippen LogP contribution in [0.25, 0.3) is 0 Å². The van der Waals surface area contributed by atoms with Gasteiger partial charge in [-0.2, -0.15) is 0 Å². The van der Waals surface area contributed by atoms with Gasteiger partial charge in [-0.3, -0.25) is 9.69 Å². The Morgan fingerprint density at radius 3 is 2.43 bits per heavy atom. The number of carbonyl (C=O) groups excluding carboxylic acids is 1. The number of para-hydroxylation sites is 2. The molecule has 1 atom stereocenters. The summed E-state index contributed by atoms with van der Waals surface area (Å²) in [5.41, 5.74) is 2.34. The van der Waals surface area contributed by atoms with E-state index in [2.05, 4.69) is 22.3 Å². The van der Waals surface area contributed by atoms with Crippen LogP contribution in [0.15, 0.2) is 48.5 Å². The number of nitrogens with zero attached hydrogens (tertiary/aromatic N) is 1. The van der Waals surface area contributed by atoms with Gasteiger partial charge in [0.1, 0.15) is 0 Å². The zero-order valence-electron chi connectivity index (χ0n) is 16.5. The van der Waals surface area contributed by atoms with Gasteiger partial charge in [-0.05, 0) is 30.2 Å². The second-order valence-corrected chi connectivity index (χ2v) is 6.79. The molecule has 0 radical (unpaired) electrons. The van der Waals surface area contributed by atoms with Crippen LogP contribution in [0.2, 0.25) is 0 Å². The van der Waals surface area contributed by atoms with Crippen LogP contribution in [0, 0.1) is 0 Å². The Morgan fingerprint density at radius 1 is 1.07 bits per heavy atom. The van der Waals surface area contributed by atoms with E-state index in [-0.39, 0.29) is 5.91 Å². The fourth-order valence-electron chi connectivity index (χ4n) is 3.17. The van der Waals surface area contributed by atoms with Gasteiger partial charge in [0, 0.05) is 26.2 Å². The Kier molecular flexibility index (Phi) is 7.28. The molecule has 2 aromatic carbocycles. The first-order valence-electron chi connectivity index (χ1n) is 9.61. The molecule has 6 heteroatoms. The van der Waals surface area contributed by atoms with Gasteiger partial charge >= 0.3 is 0 Å². The average Bonchev–Trinajstić information content (AvgIpc) is 2.74. The molecule has 0 aliphatic carbocycles. The molecule has 1 aliphatic heterocycles. The van der Waals surface area contributed by atoms with Gasteiger partial charge in [-0.15, -0.1) is 0 Å². The van der Waals surface area contributed by atoms with Crippen molar-refractivity contribution in [3.05, 3.63) is 59.7 Å². The lowest BCUT2D eigenvalue weighted by molar-refractivity contribution is -0.127. The van der Waals surface area contributed by atoms with Crippen LogP contribution in [0.1, 0.15) is 18.1 Å². The molecule has 150 valence electrons. The summed E-state index contributed by atoms with van der Waals surface area (Å²) >= 11 is 0. The molecule has 2 aromatic rings. The fraction of sp³-hybridized carbons (Fsp3) is 0.409. The molecule has 1 heterocycles. The van der Waals surface area contributed by atoms with E-state index in [1.54, 1.807) is 20.1 Å². The highest BCUT2D eigenvalue weighted by Crippen LogP contribution is 2.26. The summed E-state index contributed by atoms with van der Waals surface area (Å²) in [6.45, 7) is 6.49. The molecule has 3 rings (SSSR count). The van der Waals surface area contributed by atoms with Crippen molar-refractivity contribution in [3.8, 4) is 11.5 Å². The minimum absolute atomic E-state index is 0.160. The van der Waals surface area contributed by atoms with E-state index in [1.165, 1.54) is 5.56 Å². The van der Waals surface area contributed by atoms with Crippen LogP contribution in [-0.4, -0.2) is 50.3 Å². The number of amides is 1. The lowest BCUT2D eigenvalue weighted by atomic mass is 10.1. The zero-order valence-corrected chi connectivity index (χ0v) is 16.5. The zero-order chi connectivity index (χ0) is 19.8. The molecule has 0 spiro atoms. The molecule has 28 heavy (non-hydrogen) atoms. The normalized spacial score (nSPS) is 15.6. The molecule has 1 N–H and O–H groups in total. The van der Waals surface area contributed by atoms with Gasteiger partial charge in [0.05, 0.1) is 20.3 Å². The van der Waals surface area contributed by atoms with Crippen molar-refractivity contribution in [3.63, 3.8) is 0 Å². The highest BCUT2D eigenvalue weighted by molar-refractivity contribution is 5.80. The van der Waals surface area contributed by atoms with E-state index < -0.39 is 6.10 Å². The Hall–Kier alpha value is -2.57. The van der Waals surface area contributed by atoms with Crippen molar-refractivity contribution >= 4 is 5.91 Å². The van der Waals surface area contributed by atoms with E-state index in [0.717, 1.165) is 38.4 Å². The Morgan fingerprint density at radius 2 is 1.71 bits per heavy atom. The number of carbonyl (C=O) groups is 1. The maximum Gasteiger partial charge on any atom is 0.261 e. The quantitative estimate of drug-likeness (QED) is 0.758. The number of hydrogen-bond acceptors (Lipinski definition) is 5. The number of benzene rings is 2. The van der Waals surface area contributed by atoms with E-state index in [4.69, 9.17) is 14.2 Å². The summed E-state index contributed by atoms with van der Waals surface area (Å²) < 4.78 is 16.5. The molecule has 0 bridgehead atoms. The smallest absolute Gasteiger partial charge is 0.261 e. The second kappa shape index (κ2) is 10.1. The molecule has 1 aliphatic rings. The Balaban J connectivity index is 1.56. The van der Waals surface area contributed by atoms with Crippen LogP contribution in [0.4, 0.5) is 0 Å². The molecule has 0 unspecified atom stereocenters. The van der Waals surface area contributed by atoms with Crippen molar-refractivity contribution in [1.29, 1.82) is 0 Å². The predicted octanol–water partition coefficient (Wildman–Crippen LogP) is 2.61. The van der Waals surface area contributed by atoms with Crippen LogP contribution in [-0.2, 0) is 22.6 Å². The minimum atomic E-state index is -0.622. The topological polar surface area (TPSA) is 60.0 Å². The number of nitrogens with one attached hydrogen (secondary N) is 1. The van der Waals surface area contributed by atoms with E-state index >= 15 is 0 Å². The first-order chi connectivity index (χ1) is 13.7. The van der Waals surface area contributed by atoms with Crippen LogP contribution in [0.3, 0.4) is 0 Å². The maximum atomic E-state index is 12.5. The van der Waals surface area contributed by atoms with Crippen molar-refractivity contribution in [2.24, 2.45) is 0 Å². The number of methoxy groups -OCH3 is 1. The van der Waals surface area contributed by atoms with Crippen molar-refractivity contribution in [2.45, 2.75) is 26.1 Å². The Labute approximate surface area is 166 Å². The summed E-state index contributed by atoms with van der Waals surface area (Å²) in [7, 11) is 1.58. The van der Waals surface area contributed by atoms with Crippen LogP contribution in [0.5, 0.6) is 11.5 Å². The summed E-state index contributed by atoms with van der Waals surface area (Å²) in [6, 6.07) is 15.5. The summed E-state index contributed by atoms with van der Waals surface area (Å²) in [6.07, 6.45) is -0.622. The third-order valence-corrected chi connectivity index (χ3v) is 4.81. The minimum Gasteiger partial charge on any atom is -0.493 e. The molecule has 1 fully saturated rings. The SMILES string of the molecule is COc1ccccc1O[C@@H](C)C(=O)NCc1ccccc1CN1CCOCC1. The molecular weight excluding hydrogens is 356 g/mol. The molecule has 1 saturated heterocycles. The molecule has 0 saturated carbocycles. The van der Waals surface area contributed by atoms with E-state index in [0.29, 0.717) is 18.0 Å². The summed E-state index contributed by atoms with van der Waals surface area (Å²) in [5, 5.41) is 2.99. The van der Waals surface area contributed by atoms with Gasteiger partial charge in [-0.25, -0.2) is 0 Å². The third-order valence-electron chi connectivity index (χ3n) is 4.81. The standard InChI is InChI=1S/C22H28N2O4/c1-17(28-21-10-6-5-9-20(21)26-2)22(25)23-15-18-7-3-4-8-19(18)16-24-11-13-27-14-12-24/h3-10,17H,11-16H2,1-2H3,(H,23,25)/t17-/m0/s1. The molecule has 1 amide bonds. The van der Waals surface area contributed by atoms with Gasteiger partial charge in [0.2, 0.25) is 0 Å². The highest BCUT2D eigenvalue weighted by Gasteiger charge is 2.17. The predicted molar refractivity (Wildman–Crippen MR) is 107 cm³/mol. The lowest BCUT2D eigenvalue weighted by Gasteiger charge is -2.27. The van der Waals surface area contributed by atoms with Crippen LogP contribution >= 0.6 is 0 Å². The second-order valence-electron chi connectivity index (χ2n) is 6.79. The number of ether oxygens (including phenoxy) is 3. The summed E-state index contributed by atoms with van der Waals surface area (Å²) in [5.74, 6) is 1.01. The first kappa shape index (κ1) is 20.2. The largest absolute Gasteiger partial charge is 0.493 e. The van der Waals surface area contributed by atoms with Gasteiger partial charge in [-0.1, -0.05) is 36.4 Å². The number of morpholine rings is 1. The first-order valence-corrected chi connectivity index (χ1v) is 9.61. The maximum absolute atomic E-state index is 12.5. The number of hydrogen-bond donors (Lipinski definition) is 1. The monoisotopic (exact) mass is 384 g/mol. The van der Waals surface area contributed by atoms with Crippen LogP contribution < -0.4 is 14.8 Å². The van der Waals surface area contributed by atoms with Crippen molar-refractivity contribution in [2.75, 3.05) is 33.4 Å². The highest BCUT2D eigenvalue weighted by atomic mass is 16.5. The molecular formula is C22H28N2O4. The van der Waals surface area contributed by atoms with Gasteiger partial charge < -0.3 is 19.5 Å². The van der Waals surface area contributed by atoms with Gasteiger partial charge in [0.25, 0.3) is 5.91 Å². The van der Waals surface area contributed by atoms with Gasteiger partial charge in [0.15, 0.2) is 17.6 Å². The number of rotatable bonds is 8. The lowest BCUT2D eigenvalue weighted by Crippen LogP contribution is -2.37. The fourth-order valence-corrected chi connectivity index (χ4v) is 3.17. The molecule has 6 nitrogen and oxygen atoms in total. The average molecular weight is 384 g/mol. The summed E-state index contributed by atoms with van der Waals surface area (Å²) in [4.78, 5) is 14.9.